The topological polar surface area (TPSA) is 146 Å². The van der Waals surface area contributed by atoms with Crippen LogP contribution in [0.15, 0.2) is 36.4 Å². The quantitative estimate of drug-likeness (QED) is 0.222. The third kappa shape index (κ3) is 9.53. The zero-order valence-corrected chi connectivity index (χ0v) is 24.5. The lowest BCUT2D eigenvalue weighted by Gasteiger charge is -2.23. The van der Waals surface area contributed by atoms with Crippen LogP contribution in [0.4, 0.5) is 17.3 Å². The number of amides is 3. The normalized spacial score (nSPS) is 11.8. The summed E-state index contributed by atoms with van der Waals surface area (Å²) in [5, 5.41) is 5.97. The van der Waals surface area contributed by atoms with Crippen molar-refractivity contribution in [2.75, 3.05) is 65.2 Å². The lowest BCUT2D eigenvalue weighted by atomic mass is 10.2. The largest absolute Gasteiger partial charge is 0.493 e. The second kappa shape index (κ2) is 15.4. The number of rotatable bonds is 15. The number of nitrogens with one attached hydrogen (secondary N) is 2. The van der Waals surface area contributed by atoms with Gasteiger partial charge in [0, 0.05) is 52.1 Å². The van der Waals surface area contributed by atoms with Crippen LogP contribution in [0.5, 0.6) is 5.75 Å². The summed E-state index contributed by atoms with van der Waals surface area (Å²) in [6.45, 7) is 5.03. The van der Waals surface area contributed by atoms with Crippen molar-refractivity contribution in [3.8, 4) is 5.75 Å². The fourth-order valence-corrected chi connectivity index (χ4v) is 3.59. The summed E-state index contributed by atoms with van der Waals surface area (Å²) in [6, 6.07) is 6.61. The number of nitrogens with zero attached hydrogens (tertiary/aromatic N) is 5. The summed E-state index contributed by atoms with van der Waals surface area (Å²) < 4.78 is 5.85. The van der Waals surface area contributed by atoms with E-state index in [1.807, 2.05) is 63.1 Å². The van der Waals surface area contributed by atoms with Gasteiger partial charge in [-0.15, -0.1) is 0 Å². The number of hydrogen-bond acceptors (Lipinski definition) is 9. The standard InChI is InChI=1S/C28H42N8O4/c1-8-22-27(35(5)6)33-26(24(32-22)25(29)38)31-20-12-9-13-21(18-20)40-17-11-15-30-28(39)19(2)36(7)23(37)14-10-16-34(3)4/h9-10,12-14,18-19H,8,11,15-17H2,1-7H3,(H2,29,38)(H,30,39)(H,31,33)/b14-10+/t19-/m0/s1. The van der Waals surface area contributed by atoms with Gasteiger partial charge in [-0.25, -0.2) is 9.97 Å². The van der Waals surface area contributed by atoms with Gasteiger partial charge in [-0.3, -0.25) is 14.4 Å². The smallest absolute Gasteiger partial charge is 0.271 e. The van der Waals surface area contributed by atoms with Crippen LogP contribution >= 0.6 is 0 Å². The van der Waals surface area contributed by atoms with Crippen molar-refractivity contribution in [1.82, 2.24) is 25.1 Å². The number of anilines is 3. The zero-order valence-electron chi connectivity index (χ0n) is 24.5. The lowest BCUT2D eigenvalue weighted by molar-refractivity contribution is -0.135. The maximum absolute atomic E-state index is 12.5. The van der Waals surface area contributed by atoms with E-state index >= 15 is 0 Å². The van der Waals surface area contributed by atoms with Crippen molar-refractivity contribution in [1.29, 1.82) is 0 Å². The average Bonchev–Trinajstić information content (AvgIpc) is 2.91. The summed E-state index contributed by atoms with van der Waals surface area (Å²) in [7, 11) is 9.15. The van der Waals surface area contributed by atoms with E-state index in [0.717, 1.165) is 0 Å². The van der Waals surface area contributed by atoms with E-state index < -0.39 is 11.9 Å². The summed E-state index contributed by atoms with van der Waals surface area (Å²) in [6.07, 6.45) is 4.41. The van der Waals surface area contributed by atoms with Gasteiger partial charge in [0.25, 0.3) is 5.91 Å². The van der Waals surface area contributed by atoms with E-state index in [0.29, 0.717) is 55.5 Å². The number of aromatic nitrogens is 2. The van der Waals surface area contributed by atoms with E-state index in [-0.39, 0.29) is 23.3 Å². The molecule has 0 radical (unpaired) electrons. The third-order valence-electron chi connectivity index (χ3n) is 5.96. The SMILES string of the molecule is CCc1nc(C(N)=O)c(Nc2cccc(OCCCNC(=O)[C@H](C)N(C)C(=O)/C=C/CN(C)C)c2)nc1N(C)C. The molecular weight excluding hydrogens is 512 g/mol. The number of hydrogen-bond donors (Lipinski definition) is 3. The van der Waals surface area contributed by atoms with Crippen molar-refractivity contribution in [3.63, 3.8) is 0 Å². The minimum absolute atomic E-state index is 0.0654. The Kier molecular flexibility index (Phi) is 12.3. The van der Waals surface area contributed by atoms with Gasteiger partial charge in [0.05, 0.1) is 12.3 Å². The molecule has 0 saturated heterocycles. The molecule has 12 nitrogen and oxygen atoms in total. The molecule has 2 rings (SSSR count). The molecule has 3 amide bonds. The molecule has 2 aromatic rings. The maximum atomic E-state index is 12.5. The lowest BCUT2D eigenvalue weighted by Crippen LogP contribution is -2.45. The molecule has 0 aliphatic heterocycles. The number of likely N-dealkylation sites (N-methyl/N-ethyl adjacent to an activating group) is 2. The van der Waals surface area contributed by atoms with Crippen LogP contribution in [0.1, 0.15) is 36.5 Å². The van der Waals surface area contributed by atoms with Crippen molar-refractivity contribution in [3.05, 3.63) is 47.8 Å². The number of nitrogens with two attached hydrogens (primary N) is 1. The molecule has 1 aromatic carbocycles. The van der Waals surface area contributed by atoms with Crippen molar-refractivity contribution in [2.45, 2.75) is 32.7 Å². The third-order valence-corrected chi connectivity index (χ3v) is 5.96. The molecule has 1 heterocycles. The maximum Gasteiger partial charge on any atom is 0.271 e. The first kappa shape index (κ1) is 32.0. The van der Waals surface area contributed by atoms with E-state index in [4.69, 9.17) is 10.5 Å². The molecule has 0 aliphatic rings. The summed E-state index contributed by atoms with van der Waals surface area (Å²) in [5.41, 5.74) is 6.96. The van der Waals surface area contributed by atoms with Gasteiger partial charge in [0.2, 0.25) is 11.8 Å². The first-order valence-corrected chi connectivity index (χ1v) is 13.2. The molecule has 0 bridgehead atoms. The zero-order chi connectivity index (χ0) is 29.8. The summed E-state index contributed by atoms with van der Waals surface area (Å²) in [4.78, 5) is 51.0. The molecule has 1 aromatic heterocycles. The number of aryl methyl sites for hydroxylation is 1. The average molecular weight is 555 g/mol. The molecule has 0 spiro atoms. The second-order valence-electron chi connectivity index (χ2n) is 9.74. The van der Waals surface area contributed by atoms with Crippen LogP contribution in [-0.4, -0.2) is 98.5 Å². The molecule has 4 N–H and O–H groups in total. The van der Waals surface area contributed by atoms with Crippen molar-refractivity contribution < 1.29 is 19.1 Å². The fourth-order valence-electron chi connectivity index (χ4n) is 3.59. The molecular formula is C28H42N8O4. The summed E-state index contributed by atoms with van der Waals surface area (Å²) >= 11 is 0. The monoisotopic (exact) mass is 554 g/mol. The Labute approximate surface area is 236 Å². The number of carbonyl (C=O) groups excluding carboxylic acids is 3. The Bertz CT molecular complexity index is 1200. The van der Waals surface area contributed by atoms with Gasteiger partial charge in [0.15, 0.2) is 17.3 Å². The molecule has 0 fully saturated rings. The number of primary amides is 1. The molecule has 40 heavy (non-hydrogen) atoms. The van der Waals surface area contributed by atoms with Gasteiger partial charge < -0.3 is 35.8 Å². The minimum atomic E-state index is -0.671. The first-order valence-electron chi connectivity index (χ1n) is 13.2. The minimum Gasteiger partial charge on any atom is -0.493 e. The van der Waals surface area contributed by atoms with Crippen LogP contribution in [0.25, 0.3) is 0 Å². The summed E-state index contributed by atoms with van der Waals surface area (Å²) in [5.74, 6) is 0.380. The highest BCUT2D eigenvalue weighted by Crippen LogP contribution is 2.25. The van der Waals surface area contributed by atoms with Crippen LogP contribution in [-0.2, 0) is 16.0 Å². The van der Waals surface area contributed by atoms with E-state index in [9.17, 15) is 14.4 Å². The Morgan fingerprint density at radius 1 is 1.12 bits per heavy atom. The first-order chi connectivity index (χ1) is 18.9. The van der Waals surface area contributed by atoms with Crippen molar-refractivity contribution in [2.24, 2.45) is 5.73 Å². The highest BCUT2D eigenvalue weighted by Gasteiger charge is 2.21. The predicted molar refractivity (Wildman–Crippen MR) is 157 cm³/mol. The second-order valence-corrected chi connectivity index (χ2v) is 9.74. The van der Waals surface area contributed by atoms with Gasteiger partial charge in [0.1, 0.15) is 11.8 Å². The molecule has 0 saturated carbocycles. The van der Waals surface area contributed by atoms with E-state index in [2.05, 4.69) is 20.6 Å². The number of benzene rings is 1. The number of ether oxygens (including phenoxy) is 1. The Morgan fingerprint density at radius 2 is 1.85 bits per heavy atom. The van der Waals surface area contributed by atoms with Gasteiger partial charge in [-0.2, -0.15) is 0 Å². The van der Waals surface area contributed by atoms with E-state index in [1.54, 1.807) is 26.1 Å². The van der Waals surface area contributed by atoms with Crippen molar-refractivity contribution >= 4 is 35.0 Å². The highest BCUT2D eigenvalue weighted by atomic mass is 16.5. The Morgan fingerprint density at radius 3 is 2.48 bits per heavy atom. The van der Waals surface area contributed by atoms with Gasteiger partial charge >= 0.3 is 0 Å². The molecule has 0 unspecified atom stereocenters. The molecule has 218 valence electrons. The Hall–Kier alpha value is -4.19. The molecule has 12 heteroatoms. The van der Waals surface area contributed by atoms with Crippen LogP contribution in [0.2, 0.25) is 0 Å². The van der Waals surface area contributed by atoms with Crippen LogP contribution in [0, 0.1) is 0 Å². The van der Waals surface area contributed by atoms with Gasteiger partial charge in [-0.05, 0) is 46.0 Å². The molecule has 0 aliphatic carbocycles. The Balaban J connectivity index is 1.91. The van der Waals surface area contributed by atoms with Crippen LogP contribution < -0.4 is 26.0 Å². The molecule has 1 atom stereocenters. The number of carbonyl (C=O) groups is 3. The fraction of sp³-hybridized carbons (Fsp3) is 0.464. The van der Waals surface area contributed by atoms with E-state index in [1.165, 1.54) is 11.0 Å². The highest BCUT2D eigenvalue weighted by molar-refractivity contribution is 5.96. The van der Waals surface area contributed by atoms with Gasteiger partial charge in [-0.1, -0.05) is 19.1 Å². The van der Waals surface area contributed by atoms with Crippen LogP contribution in [0.3, 0.4) is 0 Å². The predicted octanol–water partition coefficient (Wildman–Crippen LogP) is 1.80.